The summed E-state index contributed by atoms with van der Waals surface area (Å²) < 4.78 is 7.37. The molecule has 0 bridgehead atoms. The molecular weight excluding hydrogens is 252 g/mol. The Hall–Kier alpha value is -1.62. The molecule has 0 spiro atoms. The number of aromatic nitrogens is 3. The highest BCUT2D eigenvalue weighted by atomic mass is 16.3. The molecule has 5 nitrogen and oxygen atoms in total. The highest BCUT2D eigenvalue weighted by Crippen LogP contribution is 2.09. The summed E-state index contributed by atoms with van der Waals surface area (Å²) in [6, 6.07) is 4.39. The van der Waals surface area contributed by atoms with Gasteiger partial charge in [-0.3, -0.25) is 4.68 Å². The molecule has 5 heteroatoms. The molecule has 0 aliphatic rings. The van der Waals surface area contributed by atoms with Gasteiger partial charge in [0, 0.05) is 25.4 Å². The van der Waals surface area contributed by atoms with Crippen LogP contribution in [0.25, 0.3) is 0 Å². The van der Waals surface area contributed by atoms with Crippen LogP contribution in [0, 0.1) is 0 Å². The molecule has 20 heavy (non-hydrogen) atoms. The van der Waals surface area contributed by atoms with Crippen LogP contribution < -0.4 is 5.32 Å². The van der Waals surface area contributed by atoms with E-state index in [1.54, 1.807) is 12.6 Å². The van der Waals surface area contributed by atoms with Gasteiger partial charge >= 0.3 is 0 Å². The van der Waals surface area contributed by atoms with Crippen molar-refractivity contribution in [3.8, 4) is 0 Å². The predicted molar refractivity (Wildman–Crippen MR) is 78.5 cm³/mol. The summed E-state index contributed by atoms with van der Waals surface area (Å²) in [5, 5.41) is 7.84. The smallest absolute Gasteiger partial charge is 0.138 e. The zero-order valence-corrected chi connectivity index (χ0v) is 12.4. The second kappa shape index (κ2) is 7.85. The molecule has 0 amide bonds. The normalized spacial score (nSPS) is 12.7. The number of hydrogen-bond donors (Lipinski definition) is 1. The van der Waals surface area contributed by atoms with Crippen LogP contribution in [0.2, 0.25) is 0 Å². The first-order valence-corrected chi connectivity index (χ1v) is 7.46. The van der Waals surface area contributed by atoms with Crippen LogP contribution in [0.3, 0.4) is 0 Å². The fourth-order valence-corrected chi connectivity index (χ4v) is 2.33. The third-order valence-corrected chi connectivity index (χ3v) is 3.43. The molecule has 0 radical (unpaired) electrons. The van der Waals surface area contributed by atoms with Gasteiger partial charge < -0.3 is 9.73 Å². The largest absolute Gasteiger partial charge is 0.469 e. The first-order valence-electron chi connectivity index (χ1n) is 7.46. The van der Waals surface area contributed by atoms with Crippen molar-refractivity contribution in [3.63, 3.8) is 0 Å². The lowest BCUT2D eigenvalue weighted by atomic mass is 10.1. The monoisotopic (exact) mass is 276 g/mol. The summed E-state index contributed by atoms with van der Waals surface area (Å²) >= 11 is 0. The number of nitrogens with zero attached hydrogens (tertiary/aromatic N) is 3. The van der Waals surface area contributed by atoms with Gasteiger partial charge in [0.2, 0.25) is 0 Å². The Labute approximate surface area is 120 Å². The lowest BCUT2D eigenvalue weighted by Crippen LogP contribution is -2.33. The topological polar surface area (TPSA) is 55.9 Å². The lowest BCUT2D eigenvalue weighted by Gasteiger charge is -2.17. The molecule has 1 atom stereocenters. The molecule has 0 fully saturated rings. The molecule has 110 valence electrons. The fraction of sp³-hybridized carbons (Fsp3) is 0.600. The number of rotatable bonds is 9. The van der Waals surface area contributed by atoms with E-state index in [1.807, 2.05) is 16.8 Å². The quantitative estimate of drug-likeness (QED) is 0.764. The van der Waals surface area contributed by atoms with Gasteiger partial charge in [0.05, 0.1) is 6.26 Å². The van der Waals surface area contributed by atoms with Gasteiger partial charge in [-0.25, -0.2) is 4.98 Å². The van der Waals surface area contributed by atoms with Crippen molar-refractivity contribution in [1.29, 1.82) is 0 Å². The third-order valence-electron chi connectivity index (χ3n) is 3.43. The van der Waals surface area contributed by atoms with Crippen LogP contribution >= 0.6 is 0 Å². The van der Waals surface area contributed by atoms with Gasteiger partial charge in [0.1, 0.15) is 17.9 Å². The van der Waals surface area contributed by atoms with Crippen molar-refractivity contribution in [2.24, 2.45) is 0 Å². The summed E-state index contributed by atoms with van der Waals surface area (Å²) in [6.45, 7) is 6.18. The van der Waals surface area contributed by atoms with E-state index in [4.69, 9.17) is 4.42 Å². The van der Waals surface area contributed by atoms with Gasteiger partial charge in [-0.1, -0.05) is 6.92 Å². The van der Waals surface area contributed by atoms with E-state index < -0.39 is 0 Å². The molecule has 1 N–H and O–H groups in total. The maximum Gasteiger partial charge on any atom is 0.138 e. The second-order valence-corrected chi connectivity index (χ2v) is 4.97. The lowest BCUT2D eigenvalue weighted by molar-refractivity contribution is 0.429. The van der Waals surface area contributed by atoms with Crippen LogP contribution in [0.5, 0.6) is 0 Å². The molecule has 0 aromatic carbocycles. The average molecular weight is 276 g/mol. The van der Waals surface area contributed by atoms with Gasteiger partial charge in [-0.2, -0.15) is 5.10 Å². The van der Waals surface area contributed by atoms with Crippen molar-refractivity contribution in [1.82, 2.24) is 20.1 Å². The Morgan fingerprint density at radius 3 is 3.00 bits per heavy atom. The van der Waals surface area contributed by atoms with Crippen molar-refractivity contribution >= 4 is 0 Å². The maximum atomic E-state index is 5.41. The Morgan fingerprint density at radius 1 is 1.40 bits per heavy atom. The highest BCUT2D eigenvalue weighted by Gasteiger charge is 2.13. The van der Waals surface area contributed by atoms with Crippen molar-refractivity contribution < 1.29 is 4.42 Å². The van der Waals surface area contributed by atoms with E-state index in [2.05, 4.69) is 29.2 Å². The molecule has 1 unspecified atom stereocenters. The first-order chi connectivity index (χ1) is 9.83. The van der Waals surface area contributed by atoms with Crippen LogP contribution in [0.15, 0.2) is 29.1 Å². The summed E-state index contributed by atoms with van der Waals surface area (Å²) in [7, 11) is 0. The van der Waals surface area contributed by atoms with Crippen molar-refractivity contribution in [2.45, 2.75) is 52.1 Å². The van der Waals surface area contributed by atoms with E-state index >= 15 is 0 Å². The van der Waals surface area contributed by atoms with Crippen molar-refractivity contribution in [3.05, 3.63) is 36.3 Å². The number of aryl methyl sites for hydroxylation is 2. The van der Waals surface area contributed by atoms with Gasteiger partial charge in [0.15, 0.2) is 0 Å². The summed E-state index contributed by atoms with van der Waals surface area (Å²) in [6.07, 6.45) is 7.42. The SMILES string of the molecule is CCCNC(CCc1ccco1)Cc1ncnn1CC. The van der Waals surface area contributed by atoms with Crippen LogP contribution in [0.4, 0.5) is 0 Å². The van der Waals surface area contributed by atoms with E-state index in [0.717, 1.165) is 50.4 Å². The minimum Gasteiger partial charge on any atom is -0.469 e. The van der Waals surface area contributed by atoms with E-state index in [-0.39, 0.29) is 0 Å². The molecule has 2 aromatic rings. The third kappa shape index (κ3) is 4.20. The maximum absolute atomic E-state index is 5.41. The molecule has 2 heterocycles. The van der Waals surface area contributed by atoms with Crippen LogP contribution in [-0.2, 0) is 19.4 Å². The summed E-state index contributed by atoms with van der Waals surface area (Å²) in [4.78, 5) is 4.37. The fourth-order valence-electron chi connectivity index (χ4n) is 2.33. The molecule has 0 aliphatic heterocycles. The van der Waals surface area contributed by atoms with E-state index in [0.29, 0.717) is 6.04 Å². The predicted octanol–water partition coefficient (Wildman–Crippen LogP) is 2.43. The minimum atomic E-state index is 0.412. The van der Waals surface area contributed by atoms with Gasteiger partial charge in [0.25, 0.3) is 0 Å². The molecule has 0 saturated carbocycles. The van der Waals surface area contributed by atoms with Crippen molar-refractivity contribution in [2.75, 3.05) is 6.54 Å². The van der Waals surface area contributed by atoms with Crippen LogP contribution in [-0.4, -0.2) is 27.4 Å². The zero-order valence-electron chi connectivity index (χ0n) is 12.4. The van der Waals surface area contributed by atoms with E-state index in [9.17, 15) is 0 Å². The van der Waals surface area contributed by atoms with Crippen LogP contribution in [0.1, 0.15) is 38.3 Å². The van der Waals surface area contributed by atoms with E-state index in [1.165, 1.54) is 0 Å². The standard InChI is InChI=1S/C15H24N4O/c1-3-9-16-13(7-8-14-6-5-10-20-14)11-15-17-12-18-19(15)4-2/h5-6,10,12-13,16H,3-4,7-9,11H2,1-2H3. The Morgan fingerprint density at radius 2 is 2.30 bits per heavy atom. The minimum absolute atomic E-state index is 0.412. The molecule has 2 rings (SSSR count). The molecule has 0 saturated heterocycles. The summed E-state index contributed by atoms with van der Waals surface area (Å²) in [5.41, 5.74) is 0. The Kier molecular flexibility index (Phi) is 5.80. The molecular formula is C15H24N4O. The molecule has 2 aromatic heterocycles. The van der Waals surface area contributed by atoms with Gasteiger partial charge in [-0.15, -0.1) is 0 Å². The second-order valence-electron chi connectivity index (χ2n) is 4.97. The average Bonchev–Trinajstić information content (AvgIpc) is 3.12. The number of furan rings is 1. The number of hydrogen-bond acceptors (Lipinski definition) is 4. The number of nitrogens with one attached hydrogen (secondary N) is 1. The zero-order chi connectivity index (χ0) is 14.2. The Balaban J connectivity index is 1.92. The first kappa shape index (κ1) is 14.8. The van der Waals surface area contributed by atoms with Gasteiger partial charge in [-0.05, 0) is 38.4 Å². The molecule has 0 aliphatic carbocycles. The highest BCUT2D eigenvalue weighted by molar-refractivity contribution is 4.99. The Bertz CT molecular complexity index is 478. The summed E-state index contributed by atoms with van der Waals surface area (Å²) in [5.74, 6) is 2.10.